The number of benzene rings is 2. The van der Waals surface area contributed by atoms with Crippen LogP contribution in [-0.4, -0.2) is 26.9 Å². The molecule has 1 heterocycles. The standard InChI is InChI=1S/C19H17N3O4S/c1-12-16(18(23)24)17(14-8-5-9-15(10-14)22(25)26)21-19(20-12)27-11-13-6-3-2-4-7-13/h2-10,16-17H,11H2,1H3,(H,23,24). The Kier molecular flexibility index (Phi) is 5.66. The van der Waals surface area contributed by atoms with E-state index in [9.17, 15) is 20.0 Å². The number of hydrogen-bond acceptors (Lipinski definition) is 6. The highest BCUT2D eigenvalue weighted by atomic mass is 32.2. The lowest BCUT2D eigenvalue weighted by atomic mass is 9.89. The number of carboxylic acids is 1. The Bertz CT molecular complexity index is 928. The molecule has 0 amide bonds. The number of thioether (sulfide) groups is 1. The van der Waals surface area contributed by atoms with E-state index in [1.54, 1.807) is 19.1 Å². The lowest BCUT2D eigenvalue weighted by molar-refractivity contribution is -0.384. The zero-order valence-electron chi connectivity index (χ0n) is 14.5. The number of nitrogens with zero attached hydrogens (tertiary/aromatic N) is 3. The highest BCUT2D eigenvalue weighted by molar-refractivity contribution is 8.13. The molecule has 1 aliphatic rings. The van der Waals surface area contributed by atoms with E-state index in [2.05, 4.69) is 9.98 Å². The van der Waals surface area contributed by atoms with Crippen LogP contribution in [0.5, 0.6) is 0 Å². The minimum atomic E-state index is -1.05. The van der Waals surface area contributed by atoms with Gasteiger partial charge < -0.3 is 5.11 Å². The van der Waals surface area contributed by atoms with Gasteiger partial charge >= 0.3 is 5.97 Å². The lowest BCUT2D eigenvalue weighted by Crippen LogP contribution is -2.31. The van der Waals surface area contributed by atoms with Gasteiger partial charge in [-0.3, -0.25) is 19.9 Å². The van der Waals surface area contributed by atoms with E-state index in [-0.39, 0.29) is 5.69 Å². The third-order valence-electron chi connectivity index (χ3n) is 4.19. The molecule has 3 rings (SSSR count). The predicted octanol–water partition coefficient (Wildman–Crippen LogP) is 4.10. The first kappa shape index (κ1) is 18.8. The van der Waals surface area contributed by atoms with Gasteiger partial charge in [0.2, 0.25) is 0 Å². The van der Waals surface area contributed by atoms with Crippen LogP contribution in [0.3, 0.4) is 0 Å². The van der Waals surface area contributed by atoms with Crippen molar-refractivity contribution >= 4 is 34.3 Å². The number of nitro benzene ring substituents is 1. The van der Waals surface area contributed by atoms with Crippen molar-refractivity contribution in [1.82, 2.24) is 0 Å². The van der Waals surface area contributed by atoms with E-state index in [1.165, 1.54) is 23.9 Å². The summed E-state index contributed by atoms with van der Waals surface area (Å²) >= 11 is 1.41. The summed E-state index contributed by atoms with van der Waals surface area (Å²) in [6.07, 6.45) is 0. The van der Waals surface area contributed by atoms with Gasteiger partial charge in [0.1, 0.15) is 5.92 Å². The lowest BCUT2D eigenvalue weighted by Gasteiger charge is -2.25. The summed E-state index contributed by atoms with van der Waals surface area (Å²) in [6, 6.07) is 15.0. The van der Waals surface area contributed by atoms with Gasteiger partial charge in [-0.2, -0.15) is 0 Å². The zero-order chi connectivity index (χ0) is 19.4. The second-order valence-corrected chi connectivity index (χ2v) is 6.99. The van der Waals surface area contributed by atoms with E-state index in [4.69, 9.17) is 0 Å². The normalized spacial score (nSPS) is 19.1. The maximum absolute atomic E-state index is 11.8. The molecule has 0 radical (unpaired) electrons. The highest BCUT2D eigenvalue weighted by Crippen LogP contribution is 2.34. The number of aliphatic imine (C=N–C) groups is 2. The summed E-state index contributed by atoms with van der Waals surface area (Å²) in [7, 11) is 0. The van der Waals surface area contributed by atoms with Crippen LogP contribution in [0.15, 0.2) is 64.6 Å². The molecule has 0 saturated heterocycles. The smallest absolute Gasteiger partial charge is 0.314 e. The summed E-state index contributed by atoms with van der Waals surface area (Å²) in [5.41, 5.74) is 1.93. The van der Waals surface area contributed by atoms with E-state index >= 15 is 0 Å². The Balaban J connectivity index is 1.91. The molecule has 2 atom stereocenters. The first-order valence-electron chi connectivity index (χ1n) is 8.22. The van der Waals surface area contributed by atoms with E-state index < -0.39 is 22.9 Å². The van der Waals surface area contributed by atoms with Crippen LogP contribution in [0.4, 0.5) is 5.69 Å². The van der Waals surface area contributed by atoms with E-state index in [0.29, 0.717) is 22.2 Å². The maximum atomic E-state index is 11.8. The molecular formula is C19H17N3O4S. The number of non-ortho nitro benzene ring substituents is 1. The molecule has 0 aliphatic carbocycles. The second-order valence-electron chi connectivity index (χ2n) is 6.05. The average molecular weight is 383 g/mol. The molecule has 0 bridgehead atoms. The second kappa shape index (κ2) is 8.13. The topological polar surface area (TPSA) is 105 Å². The molecule has 1 N–H and O–H groups in total. The number of aliphatic carboxylic acids is 1. The highest BCUT2D eigenvalue weighted by Gasteiger charge is 2.35. The fourth-order valence-corrected chi connectivity index (χ4v) is 3.75. The number of carboxylic acid groups (broad SMARTS) is 1. The van der Waals surface area contributed by atoms with Crippen molar-refractivity contribution in [3.05, 3.63) is 75.8 Å². The minimum Gasteiger partial charge on any atom is -0.481 e. The van der Waals surface area contributed by atoms with Gasteiger partial charge in [0, 0.05) is 23.6 Å². The van der Waals surface area contributed by atoms with Gasteiger partial charge in [-0.25, -0.2) is 4.99 Å². The molecule has 2 unspecified atom stereocenters. The van der Waals surface area contributed by atoms with Crippen LogP contribution < -0.4 is 0 Å². The average Bonchev–Trinajstić information content (AvgIpc) is 2.66. The quantitative estimate of drug-likeness (QED) is 0.618. The molecule has 7 nitrogen and oxygen atoms in total. The van der Waals surface area contributed by atoms with Gasteiger partial charge in [0.25, 0.3) is 5.69 Å². The molecule has 2 aromatic carbocycles. The Morgan fingerprint density at radius 3 is 2.63 bits per heavy atom. The monoisotopic (exact) mass is 383 g/mol. The van der Waals surface area contributed by atoms with Crippen LogP contribution in [-0.2, 0) is 10.5 Å². The first-order valence-corrected chi connectivity index (χ1v) is 9.21. The summed E-state index contributed by atoms with van der Waals surface area (Å²) in [6.45, 7) is 1.65. The van der Waals surface area contributed by atoms with E-state index in [0.717, 1.165) is 5.56 Å². The Labute approximate surface area is 160 Å². The first-order chi connectivity index (χ1) is 13.0. The van der Waals surface area contributed by atoms with Crippen molar-refractivity contribution in [3.8, 4) is 0 Å². The van der Waals surface area contributed by atoms with Crippen molar-refractivity contribution < 1.29 is 14.8 Å². The van der Waals surface area contributed by atoms with Crippen molar-refractivity contribution in [2.24, 2.45) is 15.9 Å². The summed E-state index contributed by atoms with van der Waals surface area (Å²) in [5, 5.41) is 21.2. The fraction of sp³-hybridized carbons (Fsp3) is 0.211. The minimum absolute atomic E-state index is 0.0921. The number of hydrogen-bond donors (Lipinski definition) is 1. The molecule has 138 valence electrons. The van der Waals surface area contributed by atoms with Gasteiger partial charge in [-0.05, 0) is 18.1 Å². The third-order valence-corrected chi connectivity index (χ3v) is 5.12. The summed E-state index contributed by atoms with van der Waals surface area (Å²) in [4.78, 5) is 31.2. The van der Waals surface area contributed by atoms with Crippen molar-refractivity contribution in [3.63, 3.8) is 0 Å². The zero-order valence-corrected chi connectivity index (χ0v) is 15.3. The molecule has 27 heavy (non-hydrogen) atoms. The molecule has 0 fully saturated rings. The number of amidine groups is 1. The number of rotatable bonds is 5. The van der Waals surface area contributed by atoms with Gasteiger partial charge in [-0.1, -0.05) is 54.2 Å². The van der Waals surface area contributed by atoms with Gasteiger partial charge in [0.05, 0.1) is 11.0 Å². The van der Waals surface area contributed by atoms with Crippen molar-refractivity contribution in [2.45, 2.75) is 18.7 Å². The number of carbonyl (C=O) groups is 1. The molecule has 8 heteroatoms. The molecule has 0 aromatic heterocycles. The summed E-state index contributed by atoms with van der Waals surface area (Å²) < 4.78 is 0. The molecule has 1 aliphatic heterocycles. The largest absolute Gasteiger partial charge is 0.481 e. The van der Waals surface area contributed by atoms with Crippen LogP contribution in [0.1, 0.15) is 24.1 Å². The van der Waals surface area contributed by atoms with E-state index in [1.807, 2.05) is 30.3 Å². The third kappa shape index (κ3) is 4.40. The summed E-state index contributed by atoms with van der Waals surface area (Å²) in [5.74, 6) is -1.35. The van der Waals surface area contributed by atoms with Gasteiger partial charge in [0.15, 0.2) is 5.17 Å². The number of nitro groups is 1. The van der Waals surface area contributed by atoms with Crippen LogP contribution >= 0.6 is 11.8 Å². The maximum Gasteiger partial charge on any atom is 0.314 e. The molecule has 0 saturated carbocycles. The Morgan fingerprint density at radius 1 is 1.22 bits per heavy atom. The molecule has 2 aromatic rings. The molecular weight excluding hydrogens is 366 g/mol. The fourth-order valence-electron chi connectivity index (χ4n) is 2.87. The SMILES string of the molecule is CC1=NC(SCc2ccccc2)=NC(c2cccc([N+](=O)[O-])c2)C1C(=O)O. The van der Waals surface area contributed by atoms with Crippen molar-refractivity contribution in [2.75, 3.05) is 0 Å². The van der Waals surface area contributed by atoms with Crippen LogP contribution in [0.25, 0.3) is 0 Å². The van der Waals surface area contributed by atoms with Gasteiger partial charge in [-0.15, -0.1) is 0 Å². The Hall–Kier alpha value is -3.00. The van der Waals surface area contributed by atoms with Crippen molar-refractivity contribution in [1.29, 1.82) is 0 Å². The Morgan fingerprint density at radius 2 is 1.96 bits per heavy atom. The van der Waals surface area contributed by atoms with Crippen LogP contribution in [0.2, 0.25) is 0 Å². The molecule has 0 spiro atoms. The van der Waals surface area contributed by atoms with Crippen LogP contribution in [0, 0.1) is 16.0 Å². The predicted molar refractivity (Wildman–Crippen MR) is 105 cm³/mol.